The van der Waals surface area contributed by atoms with E-state index in [2.05, 4.69) is 5.32 Å². The second kappa shape index (κ2) is 4.63. The highest BCUT2D eigenvalue weighted by molar-refractivity contribution is 8.00. The fourth-order valence-electron chi connectivity index (χ4n) is 0.928. The van der Waals surface area contributed by atoms with Gasteiger partial charge in [-0.05, 0) is 0 Å². The SMILES string of the molecule is CN(C)S(=O)(=O)CCNC1CSC1. The molecule has 4 nitrogen and oxygen atoms in total. The quantitative estimate of drug-likeness (QED) is 0.689. The lowest BCUT2D eigenvalue weighted by molar-refractivity contribution is 0.513. The Kier molecular flexibility index (Phi) is 4.03. The van der Waals surface area contributed by atoms with Crippen molar-refractivity contribution in [2.24, 2.45) is 0 Å². The van der Waals surface area contributed by atoms with Gasteiger partial charge in [0.15, 0.2) is 0 Å². The third-order valence-corrected chi connectivity index (χ3v) is 5.10. The smallest absolute Gasteiger partial charge is 0.214 e. The summed E-state index contributed by atoms with van der Waals surface area (Å²) in [6, 6.07) is 0.530. The van der Waals surface area contributed by atoms with Crippen LogP contribution in [0.25, 0.3) is 0 Å². The predicted octanol–water partition coefficient (Wildman–Crippen LogP) is -0.417. The van der Waals surface area contributed by atoms with E-state index in [9.17, 15) is 8.42 Å². The largest absolute Gasteiger partial charge is 0.311 e. The molecular formula is C7H16N2O2S2. The summed E-state index contributed by atoms with van der Waals surface area (Å²) >= 11 is 1.89. The highest BCUT2D eigenvalue weighted by Crippen LogP contribution is 2.16. The maximum atomic E-state index is 11.3. The van der Waals surface area contributed by atoms with E-state index in [0.717, 1.165) is 11.5 Å². The van der Waals surface area contributed by atoms with E-state index in [1.807, 2.05) is 11.8 Å². The average Bonchev–Trinajstić information content (AvgIpc) is 1.94. The van der Waals surface area contributed by atoms with Crippen molar-refractivity contribution in [1.29, 1.82) is 0 Å². The summed E-state index contributed by atoms with van der Waals surface area (Å²) in [7, 11) is 0.114. The number of rotatable bonds is 5. The van der Waals surface area contributed by atoms with Crippen LogP contribution >= 0.6 is 11.8 Å². The molecule has 0 radical (unpaired) electrons. The molecule has 0 atom stereocenters. The molecule has 1 aliphatic heterocycles. The minimum atomic E-state index is -3.01. The molecule has 0 bridgehead atoms. The zero-order chi connectivity index (χ0) is 9.90. The van der Waals surface area contributed by atoms with Crippen molar-refractivity contribution < 1.29 is 8.42 Å². The number of hydrogen-bond donors (Lipinski definition) is 1. The van der Waals surface area contributed by atoms with Crippen LogP contribution in [0.5, 0.6) is 0 Å². The summed E-state index contributed by atoms with van der Waals surface area (Å²) in [6.07, 6.45) is 0. The number of nitrogens with one attached hydrogen (secondary N) is 1. The summed E-state index contributed by atoms with van der Waals surface area (Å²) in [5.74, 6) is 2.42. The minimum absolute atomic E-state index is 0.196. The Morgan fingerprint density at radius 1 is 1.46 bits per heavy atom. The fraction of sp³-hybridized carbons (Fsp3) is 1.00. The van der Waals surface area contributed by atoms with Crippen molar-refractivity contribution in [2.45, 2.75) is 6.04 Å². The molecule has 0 aromatic carbocycles. The van der Waals surface area contributed by atoms with Crippen molar-refractivity contribution in [3.8, 4) is 0 Å². The molecule has 0 aromatic heterocycles. The normalized spacial score (nSPS) is 19.0. The van der Waals surface area contributed by atoms with Crippen LogP contribution in [0.3, 0.4) is 0 Å². The molecule has 1 rings (SSSR count). The summed E-state index contributed by atoms with van der Waals surface area (Å²) < 4.78 is 23.9. The number of thioether (sulfide) groups is 1. The summed E-state index contributed by atoms with van der Waals surface area (Å²) in [5, 5.41) is 3.20. The van der Waals surface area contributed by atoms with Gasteiger partial charge < -0.3 is 5.32 Å². The Balaban J connectivity index is 2.17. The van der Waals surface area contributed by atoms with E-state index in [0.29, 0.717) is 12.6 Å². The van der Waals surface area contributed by atoms with Crippen LogP contribution in [-0.2, 0) is 10.0 Å². The Bertz CT molecular complexity index is 247. The molecule has 0 spiro atoms. The highest BCUT2D eigenvalue weighted by atomic mass is 32.2. The molecule has 0 saturated carbocycles. The van der Waals surface area contributed by atoms with Gasteiger partial charge in [-0.15, -0.1) is 0 Å². The lowest BCUT2D eigenvalue weighted by atomic mass is 10.4. The van der Waals surface area contributed by atoms with Crippen molar-refractivity contribution in [2.75, 3.05) is 37.9 Å². The van der Waals surface area contributed by atoms with Gasteiger partial charge in [-0.3, -0.25) is 0 Å². The summed E-state index contributed by atoms with van der Waals surface area (Å²) in [5.41, 5.74) is 0. The van der Waals surface area contributed by atoms with Crippen LogP contribution in [0, 0.1) is 0 Å². The van der Waals surface area contributed by atoms with Crippen LogP contribution in [0.1, 0.15) is 0 Å². The van der Waals surface area contributed by atoms with Crippen molar-refractivity contribution in [3.05, 3.63) is 0 Å². The molecular weight excluding hydrogens is 208 g/mol. The molecule has 1 N–H and O–H groups in total. The van der Waals surface area contributed by atoms with Gasteiger partial charge >= 0.3 is 0 Å². The van der Waals surface area contributed by atoms with Crippen molar-refractivity contribution in [3.63, 3.8) is 0 Å². The molecule has 13 heavy (non-hydrogen) atoms. The average molecular weight is 224 g/mol. The van der Waals surface area contributed by atoms with E-state index in [1.165, 1.54) is 4.31 Å². The summed E-state index contributed by atoms with van der Waals surface area (Å²) in [6.45, 7) is 0.561. The zero-order valence-corrected chi connectivity index (χ0v) is 9.62. The van der Waals surface area contributed by atoms with Crippen LogP contribution < -0.4 is 5.32 Å². The second-order valence-corrected chi connectivity index (χ2v) is 6.66. The van der Waals surface area contributed by atoms with Crippen molar-refractivity contribution in [1.82, 2.24) is 9.62 Å². The zero-order valence-electron chi connectivity index (χ0n) is 7.99. The first-order chi connectivity index (χ1) is 6.02. The first kappa shape index (κ1) is 11.3. The van der Waals surface area contributed by atoms with Gasteiger partial charge in [0.05, 0.1) is 5.75 Å². The van der Waals surface area contributed by atoms with E-state index < -0.39 is 10.0 Å². The Morgan fingerprint density at radius 2 is 2.08 bits per heavy atom. The Labute approximate surface area is 84.1 Å². The number of hydrogen-bond acceptors (Lipinski definition) is 4. The molecule has 0 amide bonds. The molecule has 78 valence electrons. The van der Waals surface area contributed by atoms with Crippen LogP contribution in [-0.4, -0.2) is 56.7 Å². The molecule has 0 aliphatic carbocycles. The maximum absolute atomic E-state index is 11.3. The number of sulfonamides is 1. The highest BCUT2D eigenvalue weighted by Gasteiger charge is 2.19. The maximum Gasteiger partial charge on any atom is 0.214 e. The van der Waals surface area contributed by atoms with Gasteiger partial charge in [-0.2, -0.15) is 11.8 Å². The van der Waals surface area contributed by atoms with Gasteiger partial charge in [-0.1, -0.05) is 0 Å². The lowest BCUT2D eigenvalue weighted by Gasteiger charge is -2.26. The standard InChI is InChI=1S/C7H16N2O2S2/c1-9(2)13(10,11)4-3-8-7-5-12-6-7/h7-8H,3-6H2,1-2H3. The third kappa shape index (κ3) is 3.46. The lowest BCUT2D eigenvalue weighted by Crippen LogP contribution is -2.43. The Hall–Kier alpha value is 0.220. The fourth-order valence-corrected chi connectivity index (χ4v) is 2.38. The molecule has 1 saturated heterocycles. The molecule has 1 heterocycles. The van der Waals surface area contributed by atoms with E-state index in [-0.39, 0.29) is 5.75 Å². The first-order valence-electron chi connectivity index (χ1n) is 4.24. The first-order valence-corrected chi connectivity index (χ1v) is 7.00. The topological polar surface area (TPSA) is 49.4 Å². The molecule has 1 aliphatic rings. The van der Waals surface area contributed by atoms with Gasteiger partial charge in [0.1, 0.15) is 0 Å². The predicted molar refractivity (Wildman–Crippen MR) is 56.6 cm³/mol. The van der Waals surface area contributed by atoms with Gasteiger partial charge in [-0.25, -0.2) is 12.7 Å². The monoisotopic (exact) mass is 224 g/mol. The molecule has 6 heteroatoms. The van der Waals surface area contributed by atoms with Gasteiger partial charge in [0.25, 0.3) is 0 Å². The molecule has 1 fully saturated rings. The van der Waals surface area contributed by atoms with Gasteiger partial charge in [0, 0.05) is 38.2 Å². The van der Waals surface area contributed by atoms with Gasteiger partial charge in [0.2, 0.25) is 10.0 Å². The van der Waals surface area contributed by atoms with E-state index >= 15 is 0 Å². The second-order valence-electron chi connectivity index (χ2n) is 3.29. The third-order valence-electron chi connectivity index (χ3n) is 1.99. The molecule has 0 unspecified atom stereocenters. The van der Waals surface area contributed by atoms with E-state index in [4.69, 9.17) is 0 Å². The van der Waals surface area contributed by atoms with Crippen LogP contribution in [0.15, 0.2) is 0 Å². The van der Waals surface area contributed by atoms with Crippen LogP contribution in [0.2, 0.25) is 0 Å². The van der Waals surface area contributed by atoms with Crippen LogP contribution in [0.4, 0.5) is 0 Å². The summed E-state index contributed by atoms with van der Waals surface area (Å²) in [4.78, 5) is 0. The minimum Gasteiger partial charge on any atom is -0.311 e. The Morgan fingerprint density at radius 3 is 2.46 bits per heavy atom. The number of nitrogens with zero attached hydrogens (tertiary/aromatic N) is 1. The molecule has 0 aromatic rings. The van der Waals surface area contributed by atoms with E-state index in [1.54, 1.807) is 14.1 Å². The van der Waals surface area contributed by atoms with Crippen molar-refractivity contribution >= 4 is 21.8 Å².